The highest BCUT2D eigenvalue weighted by Crippen LogP contribution is 2.53. The predicted molar refractivity (Wildman–Crippen MR) is 122 cm³/mol. The fourth-order valence-electron chi connectivity index (χ4n) is 6.15. The van der Waals surface area contributed by atoms with Crippen molar-refractivity contribution in [2.24, 2.45) is 0 Å². The first-order valence-corrected chi connectivity index (χ1v) is 13.4. The highest BCUT2D eigenvalue weighted by molar-refractivity contribution is 6.81. The van der Waals surface area contributed by atoms with E-state index in [2.05, 4.69) is 91.1 Å². The summed E-state index contributed by atoms with van der Waals surface area (Å²) in [5.74, 6) is 0. The van der Waals surface area contributed by atoms with Gasteiger partial charge in [0.05, 0.1) is 8.07 Å². The van der Waals surface area contributed by atoms with Crippen molar-refractivity contribution in [2.75, 3.05) is 0 Å². The average molecular weight is 373 g/mol. The van der Waals surface area contributed by atoms with Crippen molar-refractivity contribution in [1.29, 1.82) is 0 Å². The van der Waals surface area contributed by atoms with E-state index in [9.17, 15) is 0 Å². The van der Waals surface area contributed by atoms with Crippen molar-refractivity contribution in [2.45, 2.75) is 65.7 Å². The largest absolute Gasteiger partial charge is 0.0722 e. The maximum Gasteiger partial charge on any atom is 0.0722 e. The fourth-order valence-corrected chi connectivity index (χ4v) is 11.1. The van der Waals surface area contributed by atoms with Crippen LogP contribution >= 0.6 is 0 Å². The summed E-state index contributed by atoms with van der Waals surface area (Å²) in [7, 11) is -1.69. The quantitative estimate of drug-likeness (QED) is 0.481. The minimum Gasteiger partial charge on any atom is -0.0679 e. The summed E-state index contributed by atoms with van der Waals surface area (Å²) in [6, 6.07) is 9.60. The van der Waals surface area contributed by atoms with Crippen molar-refractivity contribution >= 4 is 20.2 Å². The Morgan fingerprint density at radius 2 is 0.963 bits per heavy atom. The van der Waals surface area contributed by atoms with Crippen molar-refractivity contribution < 1.29 is 0 Å². The van der Waals surface area contributed by atoms with Gasteiger partial charge in [0.15, 0.2) is 0 Å². The lowest BCUT2D eigenvalue weighted by Gasteiger charge is -2.39. The lowest BCUT2D eigenvalue weighted by molar-refractivity contribution is 0.963. The van der Waals surface area contributed by atoms with Crippen LogP contribution in [0.2, 0.25) is 13.1 Å². The maximum absolute atomic E-state index is 2.62. The molecule has 0 aromatic heterocycles. The Balaban J connectivity index is 1.88. The molecule has 0 saturated carbocycles. The molecule has 0 bridgehead atoms. The first kappa shape index (κ1) is 18.5. The second-order valence-corrected chi connectivity index (χ2v) is 14.4. The molecule has 0 fully saturated rings. The summed E-state index contributed by atoms with van der Waals surface area (Å²) in [4.78, 5) is 0. The predicted octanol–water partition coefficient (Wildman–Crippen LogP) is 7.41. The Morgan fingerprint density at radius 1 is 0.593 bits per heavy atom. The second-order valence-electron chi connectivity index (χ2n) is 9.63. The number of fused-ring (bicyclic) bond motifs is 2. The zero-order valence-corrected chi connectivity index (χ0v) is 19.1. The molecule has 2 aromatic carbocycles. The molecule has 0 aliphatic heterocycles. The number of allylic oxidation sites excluding steroid dienone is 2. The molecule has 2 aliphatic rings. The zero-order valence-electron chi connectivity index (χ0n) is 18.1. The summed E-state index contributed by atoms with van der Waals surface area (Å²) >= 11 is 0. The SMILES string of the molecule is CC1=Cc2c(C)cc(C)cc2C1[Si](C)(C)C1C(C)=Cc2c(C)cc(C)cc21. The molecule has 0 heterocycles. The van der Waals surface area contributed by atoms with E-state index in [1.54, 1.807) is 22.3 Å². The second kappa shape index (κ2) is 6.07. The summed E-state index contributed by atoms with van der Waals surface area (Å²) in [5, 5.41) is 0. The van der Waals surface area contributed by atoms with E-state index < -0.39 is 8.07 Å². The number of hydrogen-bond acceptors (Lipinski definition) is 0. The molecule has 1 heteroatoms. The van der Waals surface area contributed by atoms with E-state index in [-0.39, 0.29) is 0 Å². The van der Waals surface area contributed by atoms with Gasteiger partial charge in [-0.25, -0.2) is 0 Å². The van der Waals surface area contributed by atoms with Gasteiger partial charge in [0.2, 0.25) is 0 Å². The van der Waals surface area contributed by atoms with E-state index in [1.807, 2.05) is 0 Å². The van der Waals surface area contributed by atoms with Crippen LogP contribution in [0.3, 0.4) is 0 Å². The van der Waals surface area contributed by atoms with Crippen LogP contribution in [-0.2, 0) is 0 Å². The van der Waals surface area contributed by atoms with E-state index in [0.717, 1.165) is 0 Å². The molecule has 27 heavy (non-hydrogen) atoms. The Labute approximate surface area is 166 Å². The molecule has 0 nitrogen and oxygen atoms in total. The van der Waals surface area contributed by atoms with E-state index in [1.165, 1.54) is 33.4 Å². The summed E-state index contributed by atoms with van der Waals surface area (Å²) < 4.78 is 0. The normalized spacial score (nSPS) is 21.0. The Hall–Kier alpha value is -1.86. The van der Waals surface area contributed by atoms with E-state index >= 15 is 0 Å². The first-order valence-electron chi connectivity index (χ1n) is 10.2. The topological polar surface area (TPSA) is 0 Å². The Morgan fingerprint density at radius 3 is 1.33 bits per heavy atom. The van der Waals surface area contributed by atoms with Crippen molar-refractivity contribution in [3.63, 3.8) is 0 Å². The van der Waals surface area contributed by atoms with Gasteiger partial charge in [-0.3, -0.25) is 0 Å². The van der Waals surface area contributed by atoms with Crippen molar-refractivity contribution in [3.8, 4) is 0 Å². The van der Waals surface area contributed by atoms with Gasteiger partial charge in [-0.1, -0.05) is 71.8 Å². The highest BCUT2D eigenvalue weighted by atomic mass is 28.3. The Kier molecular flexibility index (Phi) is 4.16. The van der Waals surface area contributed by atoms with Gasteiger partial charge in [-0.05, 0) is 74.9 Å². The molecule has 2 atom stereocenters. The van der Waals surface area contributed by atoms with Gasteiger partial charge in [-0.15, -0.1) is 0 Å². The number of hydrogen-bond donors (Lipinski definition) is 0. The lowest BCUT2D eigenvalue weighted by atomic mass is 10.0. The average Bonchev–Trinajstić information content (AvgIpc) is 3.04. The monoisotopic (exact) mass is 372 g/mol. The van der Waals surface area contributed by atoms with Crippen LogP contribution in [0.5, 0.6) is 0 Å². The Bertz CT molecular complexity index is 935. The fraction of sp³-hybridized carbons (Fsp3) is 0.385. The molecule has 140 valence electrons. The molecular weight excluding hydrogens is 340 g/mol. The standard InChI is InChI=1S/C26H32Si/c1-15-9-17(3)21-13-19(5)25(23(21)11-15)27(7,8)26-20(6)14-22-18(4)10-16(2)12-24(22)26/h9-14,25-26H,1-8H3. The zero-order chi connectivity index (χ0) is 19.7. The van der Waals surface area contributed by atoms with Crippen LogP contribution in [-0.4, -0.2) is 8.07 Å². The minimum atomic E-state index is -1.69. The third-order valence-corrected chi connectivity index (χ3v) is 11.4. The van der Waals surface area contributed by atoms with Crippen LogP contribution in [0.15, 0.2) is 35.4 Å². The van der Waals surface area contributed by atoms with Crippen molar-refractivity contribution in [3.05, 3.63) is 79.9 Å². The third kappa shape index (κ3) is 2.70. The van der Waals surface area contributed by atoms with E-state index in [4.69, 9.17) is 0 Å². The summed E-state index contributed by atoms with van der Waals surface area (Å²) in [6.45, 7) is 19.0. The van der Waals surface area contributed by atoms with Crippen LogP contribution in [0.25, 0.3) is 12.2 Å². The van der Waals surface area contributed by atoms with Gasteiger partial charge in [-0.2, -0.15) is 0 Å². The van der Waals surface area contributed by atoms with Crippen LogP contribution in [0.4, 0.5) is 0 Å². The van der Waals surface area contributed by atoms with Crippen LogP contribution in [0.1, 0.15) is 69.4 Å². The first-order chi connectivity index (χ1) is 12.6. The van der Waals surface area contributed by atoms with Crippen LogP contribution < -0.4 is 0 Å². The lowest BCUT2D eigenvalue weighted by Crippen LogP contribution is -2.42. The molecule has 0 amide bonds. The molecule has 2 aliphatic carbocycles. The molecule has 0 saturated heterocycles. The molecular formula is C26H32Si. The van der Waals surface area contributed by atoms with Gasteiger partial charge >= 0.3 is 0 Å². The molecule has 0 spiro atoms. The van der Waals surface area contributed by atoms with Gasteiger partial charge < -0.3 is 0 Å². The molecule has 4 rings (SSSR count). The van der Waals surface area contributed by atoms with Crippen molar-refractivity contribution in [1.82, 2.24) is 0 Å². The number of rotatable bonds is 2. The highest BCUT2D eigenvalue weighted by Gasteiger charge is 2.47. The van der Waals surface area contributed by atoms with Gasteiger partial charge in [0.25, 0.3) is 0 Å². The third-order valence-electron chi connectivity index (χ3n) is 6.89. The smallest absolute Gasteiger partial charge is 0.0679 e. The summed E-state index contributed by atoms with van der Waals surface area (Å²) in [5.41, 5.74) is 16.2. The number of benzene rings is 2. The maximum atomic E-state index is 2.62. The van der Waals surface area contributed by atoms with Gasteiger partial charge in [0.1, 0.15) is 0 Å². The minimum absolute atomic E-state index is 0.603. The molecule has 0 radical (unpaired) electrons. The van der Waals surface area contributed by atoms with Crippen LogP contribution in [0, 0.1) is 27.7 Å². The molecule has 2 unspecified atom stereocenters. The van der Waals surface area contributed by atoms with E-state index in [0.29, 0.717) is 11.1 Å². The molecule has 0 N–H and O–H groups in total. The number of aryl methyl sites for hydroxylation is 4. The molecule has 2 aromatic rings. The van der Waals surface area contributed by atoms with Gasteiger partial charge in [0, 0.05) is 11.1 Å². The summed E-state index contributed by atoms with van der Waals surface area (Å²) in [6.07, 6.45) is 4.94.